The molecule has 0 aromatic carbocycles. The van der Waals surface area contributed by atoms with Gasteiger partial charge in [-0.2, -0.15) is 0 Å². The quantitative estimate of drug-likeness (QED) is 0.705. The molecule has 2 aliphatic rings. The number of rotatable bonds is 6. The highest BCUT2D eigenvalue weighted by Crippen LogP contribution is 2.37. The molecule has 6 nitrogen and oxygen atoms in total. The largest absolute Gasteiger partial charge is 0.327 e. The highest BCUT2D eigenvalue weighted by atomic mass is 16.2. The van der Waals surface area contributed by atoms with Gasteiger partial charge in [0.15, 0.2) is 0 Å². The van der Waals surface area contributed by atoms with Crippen LogP contribution in [-0.2, 0) is 11.2 Å². The second kappa shape index (κ2) is 8.19. The average molecular weight is 387 g/mol. The molecule has 0 bridgehead atoms. The van der Waals surface area contributed by atoms with Gasteiger partial charge in [0.25, 0.3) is 5.91 Å². The minimum Gasteiger partial charge on any atom is -0.310 e. The van der Waals surface area contributed by atoms with Gasteiger partial charge in [-0.1, -0.05) is 26.8 Å². The lowest BCUT2D eigenvalue weighted by Crippen LogP contribution is -2.57. The van der Waals surface area contributed by atoms with E-state index in [-0.39, 0.29) is 17.4 Å². The third-order valence-electron chi connectivity index (χ3n) is 5.89. The number of imide groups is 1. The Morgan fingerprint density at radius 3 is 2.46 bits per heavy atom. The summed E-state index contributed by atoms with van der Waals surface area (Å²) in [6.45, 7) is 12.5. The summed E-state index contributed by atoms with van der Waals surface area (Å²) in [4.78, 5) is 36.2. The molecule has 3 rings (SSSR count). The minimum atomic E-state index is -0.630. The van der Waals surface area contributed by atoms with E-state index in [1.165, 1.54) is 4.90 Å². The summed E-state index contributed by atoms with van der Waals surface area (Å²) in [5.41, 5.74) is 0.747. The van der Waals surface area contributed by atoms with Crippen LogP contribution in [0.25, 0.3) is 0 Å². The highest BCUT2D eigenvalue weighted by Gasteiger charge is 2.57. The number of nitrogens with zero attached hydrogens (tertiary/aromatic N) is 4. The zero-order valence-corrected chi connectivity index (χ0v) is 17.8. The zero-order chi connectivity index (χ0) is 20.4. The summed E-state index contributed by atoms with van der Waals surface area (Å²) in [5, 5.41) is 0. The fraction of sp³-hybridized carbons (Fsp3) is 0.682. The van der Waals surface area contributed by atoms with Gasteiger partial charge in [-0.05, 0) is 49.7 Å². The number of hydrogen-bond acceptors (Lipinski definition) is 4. The van der Waals surface area contributed by atoms with Gasteiger partial charge in [0.2, 0.25) is 0 Å². The maximum atomic E-state index is 13.3. The number of carbonyl (C=O) groups is 2. The van der Waals surface area contributed by atoms with Crippen molar-refractivity contribution in [1.82, 2.24) is 19.7 Å². The van der Waals surface area contributed by atoms with Crippen molar-refractivity contribution < 1.29 is 9.59 Å². The molecule has 1 aromatic heterocycles. The molecule has 3 amide bonds. The number of amides is 3. The maximum absolute atomic E-state index is 13.3. The van der Waals surface area contributed by atoms with E-state index < -0.39 is 5.54 Å². The first-order valence-corrected chi connectivity index (χ1v) is 10.5. The maximum Gasteiger partial charge on any atom is 0.327 e. The van der Waals surface area contributed by atoms with Gasteiger partial charge < -0.3 is 9.80 Å². The molecule has 6 heteroatoms. The molecule has 0 atom stereocenters. The smallest absolute Gasteiger partial charge is 0.310 e. The Kier molecular flexibility index (Phi) is 6.08. The van der Waals surface area contributed by atoms with Crippen molar-refractivity contribution in [2.24, 2.45) is 5.41 Å². The Morgan fingerprint density at radius 2 is 1.89 bits per heavy atom. The van der Waals surface area contributed by atoms with Crippen LogP contribution in [0.3, 0.4) is 0 Å². The molecule has 0 unspecified atom stereocenters. The Hall–Kier alpha value is -1.95. The number of piperidine rings is 1. The van der Waals surface area contributed by atoms with Crippen molar-refractivity contribution in [3.05, 3.63) is 30.1 Å². The van der Waals surface area contributed by atoms with Gasteiger partial charge in [-0.25, -0.2) is 4.79 Å². The molecule has 1 spiro atoms. The number of urea groups is 1. The Bertz CT molecular complexity index is 690. The lowest BCUT2D eigenvalue weighted by molar-refractivity contribution is -0.135. The van der Waals surface area contributed by atoms with E-state index in [2.05, 4.69) is 30.7 Å². The second-order valence-corrected chi connectivity index (χ2v) is 9.32. The topological polar surface area (TPSA) is 56.8 Å². The molecule has 28 heavy (non-hydrogen) atoms. The van der Waals surface area contributed by atoms with Crippen molar-refractivity contribution in [3.63, 3.8) is 0 Å². The standard InChI is InChI=1S/C22H34N4O2/c1-5-26-20(28)25(13-7-9-18-8-6-12-23-16-18)19(27)22(26)10-14-24(15-11-22)17-21(2,3)4/h6,8,12,16H,5,7,9-11,13-15,17H2,1-4H3. The van der Waals surface area contributed by atoms with Gasteiger partial charge in [0.05, 0.1) is 0 Å². The monoisotopic (exact) mass is 386 g/mol. The van der Waals surface area contributed by atoms with Crippen LogP contribution in [-0.4, -0.2) is 69.9 Å². The van der Waals surface area contributed by atoms with Gasteiger partial charge in [-0.15, -0.1) is 0 Å². The molecule has 1 aromatic rings. The molecular weight excluding hydrogens is 352 g/mol. The molecule has 2 saturated heterocycles. The van der Waals surface area contributed by atoms with Crippen LogP contribution in [0, 0.1) is 5.41 Å². The molecule has 0 radical (unpaired) electrons. The van der Waals surface area contributed by atoms with E-state index in [1.807, 2.05) is 30.2 Å². The summed E-state index contributed by atoms with van der Waals surface area (Å²) < 4.78 is 0. The fourth-order valence-electron chi connectivity index (χ4n) is 4.64. The number of likely N-dealkylation sites (N-methyl/N-ethyl adjacent to an activating group) is 1. The van der Waals surface area contributed by atoms with Crippen molar-refractivity contribution >= 4 is 11.9 Å². The van der Waals surface area contributed by atoms with Crippen LogP contribution in [0.15, 0.2) is 24.5 Å². The number of carbonyl (C=O) groups excluding carboxylic acids is 2. The van der Waals surface area contributed by atoms with E-state index >= 15 is 0 Å². The minimum absolute atomic E-state index is 0.0148. The summed E-state index contributed by atoms with van der Waals surface area (Å²) in [6.07, 6.45) is 6.67. The first kappa shape index (κ1) is 20.8. The van der Waals surface area contributed by atoms with E-state index in [0.29, 0.717) is 13.1 Å². The summed E-state index contributed by atoms with van der Waals surface area (Å²) in [6, 6.07) is 3.84. The Morgan fingerprint density at radius 1 is 1.18 bits per heavy atom. The third kappa shape index (κ3) is 4.22. The lowest BCUT2D eigenvalue weighted by atomic mass is 9.84. The van der Waals surface area contributed by atoms with E-state index in [9.17, 15) is 9.59 Å². The summed E-state index contributed by atoms with van der Waals surface area (Å²) in [5.74, 6) is 0.0148. The van der Waals surface area contributed by atoms with E-state index in [4.69, 9.17) is 0 Å². The zero-order valence-electron chi connectivity index (χ0n) is 17.8. The van der Waals surface area contributed by atoms with Crippen LogP contribution in [0.5, 0.6) is 0 Å². The Balaban J connectivity index is 1.64. The molecule has 3 heterocycles. The van der Waals surface area contributed by atoms with Crippen molar-refractivity contribution in [3.8, 4) is 0 Å². The van der Waals surface area contributed by atoms with Crippen LogP contribution in [0.1, 0.15) is 52.5 Å². The van der Waals surface area contributed by atoms with Gasteiger partial charge >= 0.3 is 6.03 Å². The molecule has 0 aliphatic carbocycles. The van der Waals surface area contributed by atoms with Crippen molar-refractivity contribution in [2.75, 3.05) is 32.7 Å². The highest BCUT2D eigenvalue weighted by molar-refractivity contribution is 6.07. The average Bonchev–Trinajstić information content (AvgIpc) is 2.84. The summed E-state index contributed by atoms with van der Waals surface area (Å²) >= 11 is 0. The number of aromatic nitrogens is 1. The Labute approximate surface area is 168 Å². The van der Waals surface area contributed by atoms with Crippen LogP contribution in [0.4, 0.5) is 4.79 Å². The first-order chi connectivity index (χ1) is 13.3. The molecule has 2 aliphatic heterocycles. The SMILES string of the molecule is CCN1C(=O)N(CCCc2cccnc2)C(=O)C12CCN(CC(C)(C)C)CC2. The van der Waals surface area contributed by atoms with E-state index in [0.717, 1.165) is 50.9 Å². The normalized spacial score (nSPS) is 20.4. The van der Waals surface area contributed by atoms with E-state index in [1.54, 1.807) is 6.20 Å². The molecule has 2 fully saturated rings. The van der Waals surface area contributed by atoms with Crippen molar-refractivity contribution in [2.45, 2.75) is 58.9 Å². The van der Waals surface area contributed by atoms with Gasteiger partial charge in [0, 0.05) is 45.1 Å². The van der Waals surface area contributed by atoms with Gasteiger partial charge in [0.1, 0.15) is 5.54 Å². The molecule has 154 valence electrons. The number of hydrogen-bond donors (Lipinski definition) is 0. The third-order valence-corrected chi connectivity index (χ3v) is 5.89. The summed E-state index contributed by atoms with van der Waals surface area (Å²) in [7, 11) is 0. The van der Waals surface area contributed by atoms with Gasteiger partial charge in [-0.3, -0.25) is 14.7 Å². The number of likely N-dealkylation sites (tertiary alicyclic amines) is 1. The first-order valence-electron chi connectivity index (χ1n) is 10.5. The number of aryl methyl sites for hydroxylation is 1. The van der Waals surface area contributed by atoms with Crippen LogP contribution in [0.2, 0.25) is 0 Å². The van der Waals surface area contributed by atoms with Crippen LogP contribution < -0.4 is 0 Å². The fourth-order valence-corrected chi connectivity index (χ4v) is 4.64. The molecule has 0 saturated carbocycles. The van der Waals surface area contributed by atoms with Crippen LogP contribution >= 0.6 is 0 Å². The predicted molar refractivity (Wildman–Crippen MR) is 110 cm³/mol. The number of pyridine rings is 1. The van der Waals surface area contributed by atoms with Crippen molar-refractivity contribution in [1.29, 1.82) is 0 Å². The lowest BCUT2D eigenvalue weighted by Gasteiger charge is -2.43. The predicted octanol–water partition coefficient (Wildman–Crippen LogP) is 3.18. The molecule has 0 N–H and O–H groups in total. The second-order valence-electron chi connectivity index (χ2n) is 9.32. The molecular formula is C22H34N4O2.